The number of hydrazine groups is 1. The lowest BCUT2D eigenvalue weighted by Crippen LogP contribution is -2.23. The minimum atomic E-state index is 0.120. The lowest BCUT2D eigenvalue weighted by atomic mass is 10.5. The molecule has 7 heavy (non-hydrogen) atoms. The van der Waals surface area contributed by atoms with Gasteiger partial charge in [0.15, 0.2) is 0 Å². The summed E-state index contributed by atoms with van der Waals surface area (Å²) in [6, 6.07) is 0. The summed E-state index contributed by atoms with van der Waals surface area (Å²) in [7, 11) is 0. The van der Waals surface area contributed by atoms with Crippen LogP contribution >= 0.6 is 22.9 Å². The molecule has 0 saturated carbocycles. The van der Waals surface area contributed by atoms with Gasteiger partial charge in [0, 0.05) is 35.8 Å². The highest BCUT2D eigenvalue weighted by Crippen LogP contribution is 2.01. The van der Waals surface area contributed by atoms with Crippen LogP contribution in [0.5, 0.6) is 0 Å². The number of nitrogens with zero attached hydrogens (tertiary/aromatic N) is 1. The Morgan fingerprint density at radius 1 is 1.86 bits per heavy atom. The minimum absolute atomic E-state index is 0.120. The van der Waals surface area contributed by atoms with Crippen molar-refractivity contribution in [2.45, 2.75) is 6.42 Å². The third-order valence-corrected chi connectivity index (χ3v) is 1.50. The summed E-state index contributed by atoms with van der Waals surface area (Å²) in [6.07, 6.45) is 0.642. The Kier molecular flexibility index (Phi) is 1.48. The Bertz CT molecular complexity index is 94.9. The van der Waals surface area contributed by atoms with Gasteiger partial charge < -0.3 is 0 Å². The van der Waals surface area contributed by atoms with Crippen LogP contribution in [0.4, 0.5) is 0 Å². The number of carbonyl (C=O) groups excluding carboxylic acids is 1. The maximum atomic E-state index is 10.3. The highest BCUT2D eigenvalue weighted by atomic mass is 127. The fraction of sp³-hybridized carbons (Fsp3) is 0.667. The maximum absolute atomic E-state index is 10.3. The summed E-state index contributed by atoms with van der Waals surface area (Å²) >= 11 is 2.05. The molecule has 4 heteroatoms. The van der Waals surface area contributed by atoms with Gasteiger partial charge in [0.1, 0.15) is 0 Å². The zero-order chi connectivity index (χ0) is 5.28. The molecule has 0 aromatic carbocycles. The van der Waals surface area contributed by atoms with Crippen molar-refractivity contribution in [3.63, 3.8) is 0 Å². The topological polar surface area (TPSA) is 32.3 Å². The van der Waals surface area contributed by atoms with E-state index in [1.54, 1.807) is 3.22 Å². The molecule has 1 fully saturated rings. The molecule has 0 atom stereocenters. The summed E-state index contributed by atoms with van der Waals surface area (Å²) in [5.74, 6) is 0.120. The first-order valence-corrected chi connectivity index (χ1v) is 2.98. The first-order chi connectivity index (χ1) is 3.29. The monoisotopic (exact) mass is 212 g/mol. The standard InChI is InChI=1S/C3H5IN2O/c4-6-2-1-3(7)5-6/h1-2H2,(H,5,7). The van der Waals surface area contributed by atoms with Crippen LogP contribution in [0.15, 0.2) is 0 Å². The van der Waals surface area contributed by atoms with E-state index < -0.39 is 0 Å². The van der Waals surface area contributed by atoms with E-state index in [-0.39, 0.29) is 5.91 Å². The van der Waals surface area contributed by atoms with Crippen molar-refractivity contribution in [1.29, 1.82) is 0 Å². The number of nitrogens with one attached hydrogen (secondary N) is 1. The molecule has 0 unspecified atom stereocenters. The van der Waals surface area contributed by atoms with E-state index in [0.29, 0.717) is 6.42 Å². The van der Waals surface area contributed by atoms with Gasteiger partial charge in [0.05, 0.1) is 0 Å². The van der Waals surface area contributed by atoms with Crippen molar-refractivity contribution in [3.8, 4) is 0 Å². The van der Waals surface area contributed by atoms with Gasteiger partial charge in [-0.1, -0.05) is 0 Å². The number of carbonyl (C=O) groups is 1. The Hall–Kier alpha value is 0.160. The summed E-state index contributed by atoms with van der Waals surface area (Å²) in [5, 5.41) is 0. The van der Waals surface area contributed by atoms with E-state index in [0.717, 1.165) is 6.54 Å². The van der Waals surface area contributed by atoms with Gasteiger partial charge >= 0.3 is 0 Å². The predicted octanol–water partition coefficient (Wildman–Crippen LogP) is 0.0733. The lowest BCUT2D eigenvalue weighted by Gasteiger charge is -1.99. The van der Waals surface area contributed by atoms with Crippen molar-refractivity contribution in [2.75, 3.05) is 6.54 Å². The highest BCUT2D eigenvalue weighted by molar-refractivity contribution is 14.1. The first kappa shape index (κ1) is 5.30. The van der Waals surface area contributed by atoms with Crippen LogP contribution in [0.3, 0.4) is 0 Å². The van der Waals surface area contributed by atoms with E-state index >= 15 is 0 Å². The summed E-state index contributed by atoms with van der Waals surface area (Å²) in [4.78, 5) is 10.3. The van der Waals surface area contributed by atoms with Gasteiger partial charge in [-0.2, -0.15) is 3.22 Å². The average Bonchev–Trinajstić information content (AvgIpc) is 1.87. The van der Waals surface area contributed by atoms with Crippen LogP contribution in [-0.4, -0.2) is 15.7 Å². The molecule has 1 heterocycles. The van der Waals surface area contributed by atoms with E-state index in [1.807, 2.05) is 22.9 Å². The SMILES string of the molecule is O=C1CCN(I)N1. The Labute approximate surface area is 55.5 Å². The molecule has 1 aliphatic heterocycles. The lowest BCUT2D eigenvalue weighted by molar-refractivity contribution is -0.120. The molecule has 1 amide bonds. The third kappa shape index (κ3) is 1.27. The molecule has 0 aromatic heterocycles. The molecule has 1 N–H and O–H groups in total. The normalized spacial score (nSPS) is 22.7. The van der Waals surface area contributed by atoms with Gasteiger partial charge in [-0.15, -0.1) is 0 Å². The molecule has 1 saturated heterocycles. The van der Waals surface area contributed by atoms with Gasteiger partial charge in [0.2, 0.25) is 5.91 Å². The van der Waals surface area contributed by atoms with Crippen LogP contribution < -0.4 is 5.43 Å². The molecule has 0 spiro atoms. The summed E-state index contributed by atoms with van der Waals surface area (Å²) < 4.78 is 1.75. The van der Waals surface area contributed by atoms with E-state index in [4.69, 9.17) is 0 Å². The van der Waals surface area contributed by atoms with Crippen molar-refractivity contribution < 1.29 is 4.79 Å². The maximum Gasteiger partial charge on any atom is 0.236 e. The van der Waals surface area contributed by atoms with Crippen LogP contribution in [0, 0.1) is 0 Å². The number of rotatable bonds is 0. The van der Waals surface area contributed by atoms with Crippen molar-refractivity contribution >= 4 is 28.8 Å². The fourth-order valence-electron chi connectivity index (χ4n) is 0.447. The van der Waals surface area contributed by atoms with E-state index in [9.17, 15) is 4.79 Å². The van der Waals surface area contributed by atoms with Gasteiger partial charge in [-0.25, -0.2) is 0 Å². The second kappa shape index (κ2) is 1.95. The van der Waals surface area contributed by atoms with E-state index in [1.165, 1.54) is 0 Å². The number of halogens is 1. The Morgan fingerprint density at radius 3 is 2.71 bits per heavy atom. The molecule has 40 valence electrons. The molecular formula is C3H5IN2O. The largest absolute Gasteiger partial charge is 0.280 e. The number of hydrogen-bond donors (Lipinski definition) is 1. The second-order valence-corrected chi connectivity index (χ2v) is 2.54. The van der Waals surface area contributed by atoms with Crippen molar-refractivity contribution in [2.24, 2.45) is 0 Å². The molecule has 1 rings (SSSR count). The Morgan fingerprint density at radius 2 is 2.57 bits per heavy atom. The molecule has 3 nitrogen and oxygen atoms in total. The second-order valence-electron chi connectivity index (χ2n) is 1.37. The molecule has 0 aromatic rings. The van der Waals surface area contributed by atoms with Gasteiger partial charge in [0.25, 0.3) is 0 Å². The molecule has 0 aliphatic carbocycles. The zero-order valence-corrected chi connectivity index (χ0v) is 5.81. The minimum Gasteiger partial charge on any atom is -0.280 e. The van der Waals surface area contributed by atoms with Gasteiger partial charge in [-0.3, -0.25) is 10.2 Å². The van der Waals surface area contributed by atoms with Gasteiger partial charge in [-0.05, 0) is 0 Å². The molecular weight excluding hydrogens is 207 g/mol. The summed E-state index contributed by atoms with van der Waals surface area (Å²) in [5.41, 5.74) is 2.60. The highest BCUT2D eigenvalue weighted by Gasteiger charge is 2.13. The van der Waals surface area contributed by atoms with Crippen LogP contribution in [0.2, 0.25) is 0 Å². The first-order valence-electron chi connectivity index (χ1n) is 2.02. The Balaban J connectivity index is 2.40. The predicted molar refractivity (Wildman–Crippen MR) is 33.5 cm³/mol. The van der Waals surface area contributed by atoms with Crippen molar-refractivity contribution in [1.82, 2.24) is 8.65 Å². The molecule has 0 bridgehead atoms. The van der Waals surface area contributed by atoms with Crippen LogP contribution in [0.25, 0.3) is 0 Å². The van der Waals surface area contributed by atoms with Crippen LogP contribution in [-0.2, 0) is 4.79 Å². The summed E-state index contributed by atoms with van der Waals surface area (Å²) in [6.45, 7) is 0.833. The van der Waals surface area contributed by atoms with Crippen LogP contribution in [0.1, 0.15) is 6.42 Å². The third-order valence-electron chi connectivity index (χ3n) is 0.781. The quantitative estimate of drug-likeness (QED) is 0.455. The molecule has 1 aliphatic rings. The van der Waals surface area contributed by atoms with Crippen molar-refractivity contribution in [3.05, 3.63) is 0 Å². The number of amides is 1. The average molecular weight is 212 g/mol. The smallest absolute Gasteiger partial charge is 0.236 e. The fourth-order valence-corrected chi connectivity index (χ4v) is 0.957. The zero-order valence-electron chi connectivity index (χ0n) is 3.65. The number of hydrogen-bond acceptors (Lipinski definition) is 2. The van der Waals surface area contributed by atoms with E-state index in [2.05, 4.69) is 5.43 Å². The molecule has 0 radical (unpaired) electrons.